The number of hydrazine groups is 1. The van der Waals surface area contributed by atoms with Crippen LogP contribution in [0.5, 0.6) is 11.5 Å². The normalized spacial score (nSPS) is 16.1. The van der Waals surface area contributed by atoms with Gasteiger partial charge in [-0.25, -0.2) is 18.6 Å². The van der Waals surface area contributed by atoms with Crippen LogP contribution in [-0.2, 0) is 0 Å². The molecule has 2 aliphatic heterocycles. The van der Waals surface area contributed by atoms with Crippen molar-refractivity contribution >= 4 is 23.0 Å². The highest BCUT2D eigenvalue weighted by atomic mass is 19.3. The second-order valence-corrected chi connectivity index (χ2v) is 7.30. The first-order chi connectivity index (χ1) is 15.8. The number of rotatable bonds is 3. The van der Waals surface area contributed by atoms with Crippen molar-refractivity contribution in [1.29, 1.82) is 0 Å². The summed E-state index contributed by atoms with van der Waals surface area (Å²) in [5.74, 6) is -1.30. The van der Waals surface area contributed by atoms with Crippen LogP contribution in [0.3, 0.4) is 0 Å². The first-order valence-corrected chi connectivity index (χ1v) is 9.78. The van der Waals surface area contributed by atoms with Crippen LogP contribution in [0.25, 0.3) is 11.3 Å². The second kappa shape index (κ2) is 7.73. The van der Waals surface area contributed by atoms with Gasteiger partial charge in [0, 0.05) is 22.9 Å². The molecule has 0 aliphatic carbocycles. The van der Waals surface area contributed by atoms with E-state index in [4.69, 9.17) is 0 Å². The van der Waals surface area contributed by atoms with Gasteiger partial charge in [0.05, 0.1) is 12.2 Å². The molecule has 0 aromatic heterocycles. The van der Waals surface area contributed by atoms with Crippen molar-refractivity contribution in [3.8, 4) is 11.5 Å². The molecule has 0 atom stereocenters. The molecule has 168 valence electrons. The quantitative estimate of drug-likeness (QED) is 0.531. The molecule has 0 spiro atoms. The van der Waals surface area contributed by atoms with E-state index in [0.29, 0.717) is 16.8 Å². The number of urea groups is 1. The van der Waals surface area contributed by atoms with Crippen LogP contribution in [0.1, 0.15) is 11.1 Å². The molecular weight excluding hydrogens is 442 g/mol. The molecule has 0 radical (unpaired) electrons. The third-order valence-corrected chi connectivity index (χ3v) is 5.10. The summed E-state index contributed by atoms with van der Waals surface area (Å²) < 4.78 is 63.1. The highest BCUT2D eigenvalue weighted by Crippen LogP contribution is 2.42. The van der Waals surface area contributed by atoms with Gasteiger partial charge < -0.3 is 14.8 Å². The molecule has 5 rings (SSSR count). The average molecular weight is 457 g/mol. The Morgan fingerprint density at radius 1 is 0.970 bits per heavy atom. The number of anilines is 1. The van der Waals surface area contributed by atoms with E-state index in [-0.39, 0.29) is 29.3 Å². The molecule has 0 bridgehead atoms. The Labute approximate surface area is 185 Å². The minimum Gasteiger partial charge on any atom is -0.395 e. The molecule has 0 fully saturated rings. The van der Waals surface area contributed by atoms with Gasteiger partial charge >= 0.3 is 12.3 Å². The van der Waals surface area contributed by atoms with Crippen molar-refractivity contribution < 1.29 is 31.8 Å². The molecule has 3 aromatic carbocycles. The lowest BCUT2D eigenvalue weighted by Gasteiger charge is -2.19. The highest BCUT2D eigenvalue weighted by Gasteiger charge is 2.43. The molecule has 2 aliphatic rings. The minimum absolute atomic E-state index is 0.0315. The fraction of sp³-hybridized carbons (Fsp3) is 0.0870. The Bertz CT molecular complexity index is 1280. The summed E-state index contributed by atoms with van der Waals surface area (Å²) in [6.07, 6.45) is -3.77. The standard InChI is InChI=1S/C23H15F4N3O3/c24-14-7-5-13(6-8-14)17-12-30(29-21(17)16-3-1-2-4-18(16)25)22(31)28-15-9-10-19-20(11-15)33-23(26,27)32-19/h1-11,29H,12H2,(H,28,31). The number of halogens is 4. The number of carbonyl (C=O) groups excluding carboxylic acids is 1. The zero-order chi connectivity index (χ0) is 23.2. The number of benzene rings is 3. The van der Waals surface area contributed by atoms with Gasteiger partial charge in [0.15, 0.2) is 11.5 Å². The van der Waals surface area contributed by atoms with Gasteiger partial charge in [-0.1, -0.05) is 24.3 Å². The second-order valence-electron chi connectivity index (χ2n) is 7.30. The number of alkyl halides is 2. The third kappa shape index (κ3) is 4.02. The van der Waals surface area contributed by atoms with E-state index >= 15 is 0 Å². The fourth-order valence-electron chi connectivity index (χ4n) is 3.59. The summed E-state index contributed by atoms with van der Waals surface area (Å²) in [5, 5.41) is 3.77. The maximum absolute atomic E-state index is 14.5. The van der Waals surface area contributed by atoms with Crippen LogP contribution in [0.15, 0.2) is 66.7 Å². The van der Waals surface area contributed by atoms with Crippen LogP contribution in [-0.4, -0.2) is 23.9 Å². The lowest BCUT2D eigenvalue weighted by Crippen LogP contribution is -2.40. The monoisotopic (exact) mass is 457 g/mol. The molecule has 2 N–H and O–H groups in total. The molecule has 2 heterocycles. The van der Waals surface area contributed by atoms with Crippen molar-refractivity contribution in [2.24, 2.45) is 0 Å². The van der Waals surface area contributed by atoms with Gasteiger partial charge in [-0.05, 0) is 42.0 Å². The van der Waals surface area contributed by atoms with Crippen LogP contribution in [0, 0.1) is 11.6 Å². The number of hydrogen-bond donors (Lipinski definition) is 2. The van der Waals surface area contributed by atoms with E-state index in [2.05, 4.69) is 20.2 Å². The molecule has 3 aromatic rings. The number of hydrogen-bond acceptors (Lipinski definition) is 4. The number of nitrogens with zero attached hydrogens (tertiary/aromatic N) is 1. The number of nitrogens with one attached hydrogen (secondary N) is 2. The van der Waals surface area contributed by atoms with Crippen LogP contribution in [0.2, 0.25) is 0 Å². The van der Waals surface area contributed by atoms with Crippen LogP contribution >= 0.6 is 0 Å². The minimum atomic E-state index is -3.77. The van der Waals surface area contributed by atoms with Gasteiger partial charge in [-0.3, -0.25) is 5.43 Å². The van der Waals surface area contributed by atoms with E-state index in [1.165, 1.54) is 53.5 Å². The molecule has 33 heavy (non-hydrogen) atoms. The lowest BCUT2D eigenvalue weighted by molar-refractivity contribution is -0.286. The molecule has 10 heteroatoms. The summed E-state index contributed by atoms with van der Waals surface area (Å²) in [4.78, 5) is 12.9. The summed E-state index contributed by atoms with van der Waals surface area (Å²) >= 11 is 0. The van der Waals surface area contributed by atoms with Gasteiger partial charge in [0.2, 0.25) is 0 Å². The smallest absolute Gasteiger partial charge is 0.395 e. The topological polar surface area (TPSA) is 62.8 Å². The molecule has 0 saturated carbocycles. The van der Waals surface area contributed by atoms with Crippen LogP contribution in [0.4, 0.5) is 28.0 Å². The maximum atomic E-state index is 14.5. The highest BCUT2D eigenvalue weighted by molar-refractivity contribution is 5.98. The number of amides is 2. The van der Waals surface area contributed by atoms with E-state index in [1.54, 1.807) is 18.2 Å². The summed E-state index contributed by atoms with van der Waals surface area (Å²) in [6.45, 7) is 0.0315. The Kier molecular flexibility index (Phi) is 4.85. The summed E-state index contributed by atoms with van der Waals surface area (Å²) in [5.41, 5.74) is 4.82. The largest absolute Gasteiger partial charge is 0.586 e. The zero-order valence-electron chi connectivity index (χ0n) is 16.7. The van der Waals surface area contributed by atoms with Gasteiger partial charge in [0.25, 0.3) is 0 Å². The Balaban J connectivity index is 1.40. The number of carbonyl (C=O) groups is 1. The number of ether oxygens (including phenoxy) is 2. The van der Waals surface area contributed by atoms with Crippen molar-refractivity contribution in [3.05, 3.63) is 89.5 Å². The predicted molar refractivity (Wildman–Crippen MR) is 111 cm³/mol. The molecular formula is C23H15F4N3O3. The Hall–Kier alpha value is -4.21. The molecule has 0 unspecified atom stereocenters. The van der Waals surface area contributed by atoms with E-state index in [9.17, 15) is 22.4 Å². The average Bonchev–Trinajstić information content (AvgIpc) is 3.34. The van der Waals surface area contributed by atoms with Crippen LogP contribution < -0.4 is 20.2 Å². The lowest BCUT2D eigenvalue weighted by atomic mass is 10.0. The molecule has 6 nitrogen and oxygen atoms in total. The maximum Gasteiger partial charge on any atom is 0.586 e. The SMILES string of the molecule is O=C(Nc1ccc2c(c1)OC(F)(F)O2)N1CC(c2ccc(F)cc2)=C(c2ccccc2F)N1. The van der Waals surface area contributed by atoms with E-state index in [1.807, 2.05) is 0 Å². The Morgan fingerprint density at radius 3 is 2.45 bits per heavy atom. The van der Waals surface area contributed by atoms with Crippen molar-refractivity contribution in [2.75, 3.05) is 11.9 Å². The Morgan fingerprint density at radius 2 is 1.70 bits per heavy atom. The van der Waals surface area contributed by atoms with Gasteiger partial charge in [-0.15, -0.1) is 8.78 Å². The van der Waals surface area contributed by atoms with Gasteiger partial charge in [0.1, 0.15) is 11.6 Å². The van der Waals surface area contributed by atoms with Crippen molar-refractivity contribution in [1.82, 2.24) is 10.4 Å². The number of fused-ring (bicyclic) bond motifs is 1. The zero-order valence-corrected chi connectivity index (χ0v) is 16.7. The summed E-state index contributed by atoms with van der Waals surface area (Å²) in [7, 11) is 0. The molecule has 0 saturated heterocycles. The van der Waals surface area contributed by atoms with Crippen molar-refractivity contribution in [3.63, 3.8) is 0 Å². The first kappa shape index (κ1) is 20.7. The summed E-state index contributed by atoms with van der Waals surface area (Å²) in [6, 6.07) is 14.8. The fourth-order valence-corrected chi connectivity index (χ4v) is 3.59. The predicted octanol–water partition coefficient (Wildman–Crippen LogP) is 5.21. The molecule has 2 amide bonds. The third-order valence-electron chi connectivity index (χ3n) is 5.10. The van der Waals surface area contributed by atoms with E-state index < -0.39 is 24.0 Å². The first-order valence-electron chi connectivity index (χ1n) is 9.78. The van der Waals surface area contributed by atoms with Gasteiger partial charge in [-0.2, -0.15) is 0 Å². The van der Waals surface area contributed by atoms with Crippen molar-refractivity contribution in [2.45, 2.75) is 6.29 Å². The van der Waals surface area contributed by atoms with E-state index in [0.717, 1.165) is 0 Å².